The van der Waals surface area contributed by atoms with Crippen molar-refractivity contribution in [2.24, 2.45) is 0 Å². The Balaban J connectivity index is 1.54. The van der Waals surface area contributed by atoms with Gasteiger partial charge < -0.3 is 10.4 Å². The van der Waals surface area contributed by atoms with Gasteiger partial charge in [0.05, 0.1) is 23.8 Å². The van der Waals surface area contributed by atoms with Gasteiger partial charge in [-0.05, 0) is 65.4 Å². The van der Waals surface area contributed by atoms with E-state index < -0.39 is 12.1 Å². The zero-order chi connectivity index (χ0) is 27.2. The highest BCUT2D eigenvalue weighted by Gasteiger charge is 2.48. The highest BCUT2D eigenvalue weighted by molar-refractivity contribution is 5.58. The molecule has 2 aromatic carbocycles. The van der Waals surface area contributed by atoms with Crippen molar-refractivity contribution in [3.05, 3.63) is 129 Å². The molecule has 0 bridgehead atoms. The zero-order valence-electron chi connectivity index (χ0n) is 22.0. The summed E-state index contributed by atoms with van der Waals surface area (Å²) in [5.74, 6) is -0.139. The molecule has 1 saturated heterocycles. The maximum Gasteiger partial charge on any atom is 0.239 e. The SMILES string of the molecule is CCc1ccccc1[C@@H]1CCN(Cc2cccnc2)[C@H](c2ccc(O)c(NCc3ccccn3)c2)[C@H]1[N+](=O)[O-]. The molecule has 8 nitrogen and oxygen atoms in total. The number of anilines is 1. The normalized spacial score (nSPS) is 19.5. The first-order chi connectivity index (χ1) is 19.0. The van der Waals surface area contributed by atoms with E-state index in [0.717, 1.165) is 34.4 Å². The fourth-order valence-electron chi connectivity index (χ4n) is 5.75. The molecule has 0 aliphatic carbocycles. The van der Waals surface area contributed by atoms with Crippen LogP contribution in [-0.2, 0) is 19.5 Å². The maximum absolute atomic E-state index is 12.9. The van der Waals surface area contributed by atoms with Crippen LogP contribution in [-0.4, -0.2) is 37.5 Å². The van der Waals surface area contributed by atoms with Gasteiger partial charge in [-0.25, -0.2) is 0 Å². The Hall–Kier alpha value is -4.30. The number of pyridine rings is 2. The van der Waals surface area contributed by atoms with Crippen molar-refractivity contribution < 1.29 is 10.0 Å². The first kappa shape index (κ1) is 26.3. The summed E-state index contributed by atoms with van der Waals surface area (Å²) < 4.78 is 0. The maximum atomic E-state index is 12.9. The fraction of sp³-hybridized carbons (Fsp3) is 0.290. The van der Waals surface area contributed by atoms with Crippen LogP contribution < -0.4 is 5.32 Å². The molecule has 1 fully saturated rings. The second-order valence-electron chi connectivity index (χ2n) is 9.95. The third kappa shape index (κ3) is 5.91. The molecule has 4 aromatic rings. The van der Waals surface area contributed by atoms with E-state index in [1.54, 1.807) is 18.5 Å². The van der Waals surface area contributed by atoms with E-state index >= 15 is 0 Å². The Kier molecular flexibility index (Phi) is 8.13. The summed E-state index contributed by atoms with van der Waals surface area (Å²) in [7, 11) is 0. The molecular formula is C31H33N5O3. The number of aromatic hydroxyl groups is 1. The van der Waals surface area contributed by atoms with E-state index in [9.17, 15) is 15.2 Å². The van der Waals surface area contributed by atoms with Crippen molar-refractivity contribution in [1.82, 2.24) is 14.9 Å². The molecule has 1 aliphatic rings. The number of piperidine rings is 1. The Labute approximate surface area is 228 Å². The average molecular weight is 524 g/mol. The number of phenolic OH excluding ortho intramolecular Hbond substituents is 1. The number of aromatic nitrogens is 2. The number of benzene rings is 2. The summed E-state index contributed by atoms with van der Waals surface area (Å²) in [4.78, 5) is 23.6. The lowest BCUT2D eigenvalue weighted by atomic mass is 9.76. The van der Waals surface area contributed by atoms with Gasteiger partial charge in [-0.3, -0.25) is 25.0 Å². The number of hydrogen-bond donors (Lipinski definition) is 2. The first-order valence-corrected chi connectivity index (χ1v) is 13.4. The number of nitrogens with zero attached hydrogens (tertiary/aromatic N) is 4. The van der Waals surface area contributed by atoms with Crippen molar-refractivity contribution >= 4 is 5.69 Å². The molecule has 3 heterocycles. The zero-order valence-corrected chi connectivity index (χ0v) is 22.0. The Morgan fingerprint density at radius 1 is 1.08 bits per heavy atom. The van der Waals surface area contributed by atoms with Gasteiger partial charge in [0.25, 0.3) is 0 Å². The predicted molar refractivity (Wildman–Crippen MR) is 151 cm³/mol. The van der Waals surface area contributed by atoms with E-state index in [1.165, 1.54) is 0 Å². The van der Waals surface area contributed by atoms with Crippen LogP contribution in [0.4, 0.5) is 5.69 Å². The largest absolute Gasteiger partial charge is 0.506 e. The highest BCUT2D eigenvalue weighted by Crippen LogP contribution is 2.44. The predicted octanol–water partition coefficient (Wildman–Crippen LogP) is 5.73. The molecule has 39 heavy (non-hydrogen) atoms. The second-order valence-corrected chi connectivity index (χ2v) is 9.95. The lowest BCUT2D eigenvalue weighted by Gasteiger charge is -2.42. The van der Waals surface area contributed by atoms with Gasteiger partial charge in [-0.2, -0.15) is 0 Å². The monoisotopic (exact) mass is 523 g/mol. The number of aryl methyl sites for hydroxylation is 1. The van der Waals surface area contributed by atoms with Gasteiger partial charge in [0.15, 0.2) is 0 Å². The average Bonchev–Trinajstić information content (AvgIpc) is 2.97. The smallest absolute Gasteiger partial charge is 0.239 e. The van der Waals surface area contributed by atoms with E-state index in [-0.39, 0.29) is 16.6 Å². The number of rotatable bonds is 9. The van der Waals surface area contributed by atoms with Crippen LogP contribution in [0.3, 0.4) is 0 Å². The summed E-state index contributed by atoms with van der Waals surface area (Å²) in [5.41, 5.74) is 5.36. The van der Waals surface area contributed by atoms with E-state index in [1.807, 2.05) is 66.9 Å². The summed E-state index contributed by atoms with van der Waals surface area (Å²) in [5, 5.41) is 26.8. The van der Waals surface area contributed by atoms with Gasteiger partial charge >= 0.3 is 0 Å². The molecular weight excluding hydrogens is 490 g/mol. The molecule has 0 amide bonds. The minimum Gasteiger partial charge on any atom is -0.506 e. The van der Waals surface area contributed by atoms with Crippen LogP contribution >= 0.6 is 0 Å². The fourth-order valence-corrected chi connectivity index (χ4v) is 5.75. The minimum absolute atomic E-state index is 0.0924. The number of nitrogens with one attached hydrogen (secondary N) is 1. The minimum atomic E-state index is -0.865. The van der Waals surface area contributed by atoms with Crippen molar-refractivity contribution in [3.8, 4) is 5.75 Å². The molecule has 0 saturated carbocycles. The topological polar surface area (TPSA) is 104 Å². The number of phenols is 1. The summed E-state index contributed by atoms with van der Waals surface area (Å²) in [6, 6.07) is 21.6. The standard InChI is InChI=1S/C31H33N5O3/c1-2-23-9-3-4-11-26(23)27-14-17-35(21-22-8-7-15-32-19-22)30(31(27)36(38)39)24-12-13-29(37)28(18-24)34-20-25-10-5-6-16-33-25/h3-13,15-16,18-19,27,30-31,34,37H,2,14,17,20-21H2,1H3/t27-,30+,31-/m0/s1. The van der Waals surface area contributed by atoms with Crippen molar-refractivity contribution in [2.45, 2.75) is 50.9 Å². The second kappa shape index (κ2) is 12.0. The van der Waals surface area contributed by atoms with Crippen LogP contribution in [0, 0.1) is 10.1 Å². The van der Waals surface area contributed by atoms with E-state index in [2.05, 4.69) is 33.2 Å². The quantitative estimate of drug-likeness (QED) is 0.164. The highest BCUT2D eigenvalue weighted by atomic mass is 16.6. The number of nitro groups is 1. The van der Waals surface area contributed by atoms with Crippen molar-refractivity contribution in [3.63, 3.8) is 0 Å². The molecule has 200 valence electrons. The van der Waals surface area contributed by atoms with Crippen LogP contribution in [0.25, 0.3) is 0 Å². The molecule has 1 aliphatic heterocycles. The van der Waals surface area contributed by atoms with Crippen LogP contribution in [0.15, 0.2) is 91.4 Å². The molecule has 2 N–H and O–H groups in total. The van der Waals surface area contributed by atoms with Gasteiger partial charge in [-0.1, -0.05) is 49.4 Å². The van der Waals surface area contributed by atoms with Crippen LogP contribution in [0.2, 0.25) is 0 Å². The molecule has 2 aromatic heterocycles. The summed E-state index contributed by atoms with van der Waals surface area (Å²) in [6.45, 7) is 3.76. The summed E-state index contributed by atoms with van der Waals surface area (Å²) >= 11 is 0. The third-order valence-electron chi connectivity index (χ3n) is 7.59. The Bertz CT molecular complexity index is 1400. The Morgan fingerprint density at radius 3 is 2.67 bits per heavy atom. The Morgan fingerprint density at radius 2 is 1.92 bits per heavy atom. The van der Waals surface area contributed by atoms with Crippen LogP contribution in [0.5, 0.6) is 5.75 Å². The van der Waals surface area contributed by atoms with Crippen molar-refractivity contribution in [2.75, 3.05) is 11.9 Å². The molecule has 0 unspecified atom stereocenters. The van der Waals surface area contributed by atoms with Gasteiger partial charge in [0.2, 0.25) is 6.04 Å². The first-order valence-electron chi connectivity index (χ1n) is 13.4. The number of hydrogen-bond acceptors (Lipinski definition) is 7. The molecule has 0 radical (unpaired) electrons. The van der Waals surface area contributed by atoms with Gasteiger partial charge in [0.1, 0.15) is 11.8 Å². The van der Waals surface area contributed by atoms with E-state index in [4.69, 9.17) is 0 Å². The molecule has 8 heteroatoms. The molecule has 3 atom stereocenters. The molecule has 5 rings (SSSR count). The third-order valence-corrected chi connectivity index (χ3v) is 7.59. The molecule has 0 spiro atoms. The van der Waals surface area contributed by atoms with Crippen LogP contribution in [0.1, 0.15) is 53.3 Å². The lowest BCUT2D eigenvalue weighted by Crippen LogP contribution is -2.49. The van der Waals surface area contributed by atoms with Gasteiger partial charge in [-0.15, -0.1) is 0 Å². The lowest BCUT2D eigenvalue weighted by molar-refractivity contribution is -0.540. The van der Waals surface area contributed by atoms with Gasteiger partial charge in [0, 0.05) is 36.6 Å². The van der Waals surface area contributed by atoms with E-state index in [0.29, 0.717) is 31.7 Å². The summed E-state index contributed by atoms with van der Waals surface area (Å²) in [6.07, 6.45) is 6.77. The van der Waals surface area contributed by atoms with Crippen molar-refractivity contribution in [1.29, 1.82) is 0 Å². The number of likely N-dealkylation sites (tertiary alicyclic amines) is 1.